The summed E-state index contributed by atoms with van der Waals surface area (Å²) in [7, 11) is 0. The fraction of sp³-hybridized carbons (Fsp3) is 0.0172. The van der Waals surface area contributed by atoms with Crippen LogP contribution in [0, 0.1) is 0 Å². The third kappa shape index (κ3) is 5.91. The molecule has 0 bridgehead atoms. The molecule has 11 aromatic rings. The Morgan fingerprint density at radius 2 is 0.710 bits per heavy atom. The minimum absolute atomic E-state index is 0.606. The lowest BCUT2D eigenvalue weighted by Gasteiger charge is -2.35. The second-order valence-electron chi connectivity index (χ2n) is 15.9. The first-order valence-corrected chi connectivity index (χ1v) is 21.8. The SMILES string of the molecule is c1ccc(-c2cc(-c3ccccc3)cc(C3(c4ccc5sc6ccc(-c7nc(-c8ccccc8)nc(-c8ccccc8)n7)cc6c5c4)c4ccccc4-c4ccccc43)c2)cc1. The van der Waals surface area contributed by atoms with Gasteiger partial charge in [-0.05, 0) is 104 Å². The van der Waals surface area contributed by atoms with Crippen LogP contribution in [-0.2, 0) is 5.41 Å². The van der Waals surface area contributed by atoms with Crippen molar-refractivity contribution in [2.24, 2.45) is 0 Å². The Labute approximate surface area is 364 Å². The van der Waals surface area contributed by atoms with Gasteiger partial charge in [-0.3, -0.25) is 0 Å². The first-order chi connectivity index (χ1) is 30.7. The van der Waals surface area contributed by atoms with Crippen LogP contribution >= 0.6 is 11.3 Å². The zero-order valence-electron chi connectivity index (χ0n) is 33.6. The third-order valence-electron chi connectivity index (χ3n) is 12.4. The van der Waals surface area contributed by atoms with Crippen LogP contribution in [0.3, 0.4) is 0 Å². The molecule has 0 amide bonds. The number of thiophene rings is 1. The Balaban J connectivity index is 1.11. The molecule has 2 heterocycles. The van der Waals surface area contributed by atoms with Crippen LogP contribution in [0.25, 0.3) is 87.7 Å². The largest absolute Gasteiger partial charge is 0.208 e. The molecule has 3 nitrogen and oxygen atoms in total. The molecule has 0 saturated carbocycles. The summed E-state index contributed by atoms with van der Waals surface area (Å²) in [6.45, 7) is 0. The molecule has 0 spiro atoms. The number of hydrogen-bond acceptors (Lipinski definition) is 4. The Kier molecular flexibility index (Phi) is 8.58. The number of rotatable bonds is 7. The van der Waals surface area contributed by atoms with Gasteiger partial charge in [-0.15, -0.1) is 11.3 Å². The van der Waals surface area contributed by atoms with Crippen molar-refractivity contribution in [3.8, 4) is 67.5 Å². The van der Waals surface area contributed by atoms with Crippen LogP contribution < -0.4 is 0 Å². The Bertz CT molecular complexity index is 3290. The van der Waals surface area contributed by atoms with Gasteiger partial charge in [0.05, 0.1) is 5.41 Å². The molecule has 0 unspecified atom stereocenters. The lowest BCUT2D eigenvalue weighted by molar-refractivity contribution is 0.771. The van der Waals surface area contributed by atoms with Gasteiger partial charge in [0.2, 0.25) is 0 Å². The molecular formula is C58H37N3S. The van der Waals surface area contributed by atoms with Gasteiger partial charge in [0.1, 0.15) is 0 Å². The molecule has 0 aliphatic heterocycles. The maximum atomic E-state index is 5.10. The number of fused-ring (bicyclic) bond motifs is 6. The van der Waals surface area contributed by atoms with Crippen LogP contribution in [0.1, 0.15) is 22.3 Å². The fourth-order valence-corrected chi connectivity index (χ4v) is 10.6. The molecule has 12 rings (SSSR count). The van der Waals surface area contributed by atoms with Gasteiger partial charge in [-0.1, -0.05) is 176 Å². The Morgan fingerprint density at radius 1 is 0.290 bits per heavy atom. The second-order valence-corrected chi connectivity index (χ2v) is 17.0. The summed E-state index contributed by atoms with van der Waals surface area (Å²) >= 11 is 1.83. The normalized spacial score (nSPS) is 12.6. The standard InChI is InChI=1S/C58H37N3S/c1-5-17-38(18-6-1)43-33-44(39-19-7-2-8-20-39)35-46(34-43)58(51-27-15-13-25-47(51)48-26-14-16-28-52(48)58)45-30-32-54-50(37-45)49-36-42(29-31-53(49)62-54)57-60-55(40-21-9-3-10-22-40)59-56(61-57)41-23-11-4-12-24-41/h1-37H. The maximum Gasteiger partial charge on any atom is 0.164 e. The molecule has 1 aliphatic carbocycles. The van der Waals surface area contributed by atoms with E-state index in [1.165, 1.54) is 75.8 Å². The van der Waals surface area contributed by atoms with E-state index < -0.39 is 5.41 Å². The second kappa shape index (κ2) is 14.7. The maximum absolute atomic E-state index is 5.10. The van der Waals surface area contributed by atoms with Crippen molar-refractivity contribution in [3.05, 3.63) is 247 Å². The van der Waals surface area contributed by atoms with Gasteiger partial charge in [-0.2, -0.15) is 0 Å². The summed E-state index contributed by atoms with van der Waals surface area (Å²) in [6, 6.07) is 81.0. The molecule has 0 saturated heterocycles. The zero-order valence-corrected chi connectivity index (χ0v) is 34.4. The summed E-state index contributed by atoms with van der Waals surface area (Å²) in [5, 5.41) is 2.40. The molecule has 290 valence electrons. The molecule has 9 aromatic carbocycles. The third-order valence-corrected chi connectivity index (χ3v) is 13.5. The molecule has 0 radical (unpaired) electrons. The van der Waals surface area contributed by atoms with E-state index >= 15 is 0 Å². The van der Waals surface area contributed by atoms with Gasteiger partial charge < -0.3 is 0 Å². The van der Waals surface area contributed by atoms with Crippen molar-refractivity contribution in [2.45, 2.75) is 5.41 Å². The number of aromatic nitrogens is 3. The Morgan fingerprint density at radius 3 is 1.23 bits per heavy atom. The summed E-state index contributed by atoms with van der Waals surface area (Å²) < 4.78 is 2.46. The van der Waals surface area contributed by atoms with E-state index in [-0.39, 0.29) is 0 Å². The average molecular weight is 808 g/mol. The van der Waals surface area contributed by atoms with E-state index in [1.807, 2.05) is 47.7 Å². The van der Waals surface area contributed by atoms with E-state index in [2.05, 4.69) is 188 Å². The quantitative estimate of drug-likeness (QED) is 0.161. The van der Waals surface area contributed by atoms with Crippen molar-refractivity contribution in [3.63, 3.8) is 0 Å². The first-order valence-electron chi connectivity index (χ1n) is 21.0. The number of hydrogen-bond donors (Lipinski definition) is 0. The molecule has 0 fully saturated rings. The van der Waals surface area contributed by atoms with Crippen LogP contribution in [-0.4, -0.2) is 15.0 Å². The monoisotopic (exact) mass is 807 g/mol. The minimum atomic E-state index is -0.606. The van der Waals surface area contributed by atoms with Gasteiger partial charge in [-0.25, -0.2) is 15.0 Å². The van der Waals surface area contributed by atoms with Crippen molar-refractivity contribution >= 4 is 31.5 Å². The van der Waals surface area contributed by atoms with Crippen molar-refractivity contribution in [2.75, 3.05) is 0 Å². The van der Waals surface area contributed by atoms with Crippen LogP contribution in [0.15, 0.2) is 224 Å². The molecular weight excluding hydrogens is 771 g/mol. The van der Waals surface area contributed by atoms with Crippen molar-refractivity contribution in [1.82, 2.24) is 15.0 Å². The van der Waals surface area contributed by atoms with E-state index in [0.29, 0.717) is 17.5 Å². The van der Waals surface area contributed by atoms with Crippen LogP contribution in [0.5, 0.6) is 0 Å². The molecule has 4 heteroatoms. The predicted molar refractivity (Wildman–Crippen MR) is 257 cm³/mol. The van der Waals surface area contributed by atoms with Gasteiger partial charge >= 0.3 is 0 Å². The highest BCUT2D eigenvalue weighted by Crippen LogP contribution is 2.57. The molecule has 0 atom stereocenters. The average Bonchev–Trinajstić information content (AvgIpc) is 3.88. The number of nitrogens with zero attached hydrogens (tertiary/aromatic N) is 3. The highest BCUT2D eigenvalue weighted by Gasteiger charge is 2.46. The summed E-state index contributed by atoms with van der Waals surface area (Å²) in [5.41, 5.74) is 14.6. The highest BCUT2D eigenvalue weighted by molar-refractivity contribution is 7.25. The molecule has 0 N–H and O–H groups in total. The van der Waals surface area contributed by atoms with E-state index in [0.717, 1.165) is 16.7 Å². The number of benzene rings is 9. The zero-order chi connectivity index (χ0) is 41.0. The summed E-state index contributed by atoms with van der Waals surface area (Å²) in [6.07, 6.45) is 0. The van der Waals surface area contributed by atoms with E-state index in [1.54, 1.807) is 0 Å². The highest BCUT2D eigenvalue weighted by atomic mass is 32.1. The predicted octanol–water partition coefficient (Wildman–Crippen LogP) is 14.9. The topological polar surface area (TPSA) is 38.7 Å². The minimum Gasteiger partial charge on any atom is -0.208 e. The van der Waals surface area contributed by atoms with Gasteiger partial charge in [0.25, 0.3) is 0 Å². The van der Waals surface area contributed by atoms with Crippen molar-refractivity contribution in [1.29, 1.82) is 0 Å². The summed E-state index contributed by atoms with van der Waals surface area (Å²) in [4.78, 5) is 15.2. The smallest absolute Gasteiger partial charge is 0.164 e. The fourth-order valence-electron chi connectivity index (χ4n) is 9.55. The Hall–Kier alpha value is -7.79. The van der Waals surface area contributed by atoms with Crippen LogP contribution in [0.4, 0.5) is 0 Å². The van der Waals surface area contributed by atoms with E-state index in [9.17, 15) is 0 Å². The molecule has 1 aliphatic rings. The van der Waals surface area contributed by atoms with E-state index in [4.69, 9.17) is 15.0 Å². The van der Waals surface area contributed by atoms with Gasteiger partial charge in [0.15, 0.2) is 17.5 Å². The van der Waals surface area contributed by atoms with Gasteiger partial charge in [0, 0.05) is 36.9 Å². The first kappa shape index (κ1) is 36.1. The van der Waals surface area contributed by atoms with Crippen molar-refractivity contribution < 1.29 is 0 Å². The molecule has 62 heavy (non-hydrogen) atoms. The lowest BCUT2D eigenvalue weighted by Crippen LogP contribution is -2.28. The molecule has 2 aromatic heterocycles. The van der Waals surface area contributed by atoms with Crippen LogP contribution in [0.2, 0.25) is 0 Å². The summed E-state index contributed by atoms with van der Waals surface area (Å²) in [5.74, 6) is 1.96. The lowest BCUT2D eigenvalue weighted by atomic mass is 9.66.